The lowest BCUT2D eigenvalue weighted by Crippen LogP contribution is -2.51. The number of carbonyl (C=O) groups is 1. The summed E-state index contributed by atoms with van der Waals surface area (Å²) < 4.78 is 5.21. The van der Waals surface area contributed by atoms with Crippen LogP contribution in [0, 0.1) is 0 Å². The van der Waals surface area contributed by atoms with E-state index in [0.717, 1.165) is 32.2 Å². The van der Waals surface area contributed by atoms with Crippen molar-refractivity contribution in [2.75, 3.05) is 19.4 Å². The molecule has 0 amide bonds. The number of ether oxygens (including phenoxy) is 1. The topological polar surface area (TPSA) is 38.3 Å². The van der Waals surface area contributed by atoms with Crippen molar-refractivity contribution in [1.82, 2.24) is 5.32 Å². The summed E-state index contributed by atoms with van der Waals surface area (Å²) in [6.07, 6.45) is 6.10. The van der Waals surface area contributed by atoms with Crippen molar-refractivity contribution < 1.29 is 9.53 Å². The first-order chi connectivity index (χ1) is 7.68. The lowest BCUT2D eigenvalue weighted by atomic mass is 9.97. The third-order valence-corrected chi connectivity index (χ3v) is 4.25. The predicted molar refractivity (Wildman–Crippen MR) is 68.8 cm³/mol. The summed E-state index contributed by atoms with van der Waals surface area (Å²) in [4.78, 5) is 12.0. The van der Waals surface area contributed by atoms with E-state index in [-0.39, 0.29) is 5.97 Å². The fourth-order valence-electron chi connectivity index (χ4n) is 2.25. The van der Waals surface area contributed by atoms with Crippen molar-refractivity contribution in [2.45, 2.75) is 50.3 Å². The van der Waals surface area contributed by atoms with Crippen molar-refractivity contribution in [2.24, 2.45) is 0 Å². The molecule has 3 nitrogen and oxygen atoms in total. The number of nitrogens with one attached hydrogen (secondary N) is 1. The van der Waals surface area contributed by atoms with Gasteiger partial charge in [0.15, 0.2) is 0 Å². The molecule has 1 fully saturated rings. The maximum absolute atomic E-state index is 12.0. The Hall–Kier alpha value is -0.220. The van der Waals surface area contributed by atoms with Gasteiger partial charge in [-0.1, -0.05) is 6.92 Å². The predicted octanol–water partition coefficient (Wildman–Crippen LogP) is 2.20. The van der Waals surface area contributed by atoms with E-state index in [0.29, 0.717) is 11.9 Å². The molecule has 16 heavy (non-hydrogen) atoms. The highest BCUT2D eigenvalue weighted by Crippen LogP contribution is 2.37. The summed E-state index contributed by atoms with van der Waals surface area (Å²) in [5, 5.41) is 4.00. The average Bonchev–Trinajstić information content (AvgIpc) is 2.72. The molecular formula is C12H23NO2S. The number of hydrogen-bond donors (Lipinski definition) is 1. The molecule has 0 aromatic heterocycles. The molecule has 2 atom stereocenters. The molecule has 1 aliphatic rings. The summed E-state index contributed by atoms with van der Waals surface area (Å²) in [7, 11) is 0. The van der Waals surface area contributed by atoms with Gasteiger partial charge in [0.05, 0.1) is 6.61 Å². The Morgan fingerprint density at radius 2 is 2.31 bits per heavy atom. The van der Waals surface area contributed by atoms with Crippen LogP contribution in [-0.2, 0) is 9.53 Å². The third-order valence-electron chi connectivity index (χ3n) is 3.18. The SMILES string of the molecule is CCCNC1(C(=O)OCC)CCC(SC)C1. The largest absolute Gasteiger partial charge is 0.465 e. The standard InChI is InChI=1S/C12H23NO2S/c1-4-8-13-12(11(14)15-5-2)7-6-10(9-12)16-3/h10,13H,4-9H2,1-3H3. The molecule has 0 aliphatic heterocycles. The minimum absolute atomic E-state index is 0.0556. The highest BCUT2D eigenvalue weighted by molar-refractivity contribution is 7.99. The van der Waals surface area contributed by atoms with Crippen LogP contribution >= 0.6 is 11.8 Å². The zero-order valence-electron chi connectivity index (χ0n) is 10.5. The van der Waals surface area contributed by atoms with Crippen molar-refractivity contribution in [3.8, 4) is 0 Å². The third kappa shape index (κ3) is 3.14. The second-order valence-corrected chi connectivity index (χ2v) is 5.47. The van der Waals surface area contributed by atoms with Crippen LogP contribution in [0.25, 0.3) is 0 Å². The Labute approximate surface area is 103 Å². The Morgan fingerprint density at radius 1 is 1.56 bits per heavy atom. The number of thioether (sulfide) groups is 1. The van der Waals surface area contributed by atoms with Crippen LogP contribution in [0.15, 0.2) is 0 Å². The number of esters is 1. The monoisotopic (exact) mass is 245 g/mol. The normalized spacial score (nSPS) is 29.3. The van der Waals surface area contributed by atoms with E-state index in [2.05, 4.69) is 18.5 Å². The fourth-order valence-corrected chi connectivity index (χ4v) is 3.06. The maximum atomic E-state index is 12.0. The number of rotatable bonds is 6. The average molecular weight is 245 g/mol. The summed E-state index contributed by atoms with van der Waals surface area (Å²) in [5.41, 5.74) is -0.403. The van der Waals surface area contributed by atoms with Gasteiger partial charge < -0.3 is 10.1 Å². The van der Waals surface area contributed by atoms with Crippen LogP contribution in [0.2, 0.25) is 0 Å². The maximum Gasteiger partial charge on any atom is 0.326 e. The van der Waals surface area contributed by atoms with Gasteiger partial charge in [-0.05, 0) is 45.4 Å². The Balaban J connectivity index is 2.66. The minimum atomic E-state index is -0.403. The molecule has 1 N–H and O–H groups in total. The number of hydrogen-bond acceptors (Lipinski definition) is 4. The molecule has 0 heterocycles. The van der Waals surface area contributed by atoms with E-state index >= 15 is 0 Å². The fraction of sp³-hybridized carbons (Fsp3) is 0.917. The van der Waals surface area contributed by atoms with Crippen LogP contribution in [0.1, 0.15) is 39.5 Å². The Bertz CT molecular complexity index is 235. The molecule has 1 saturated carbocycles. The van der Waals surface area contributed by atoms with Crippen LogP contribution in [0.4, 0.5) is 0 Å². The smallest absolute Gasteiger partial charge is 0.326 e. The molecule has 0 spiro atoms. The molecule has 0 aromatic carbocycles. The summed E-state index contributed by atoms with van der Waals surface area (Å²) >= 11 is 1.86. The molecule has 4 heteroatoms. The molecular weight excluding hydrogens is 222 g/mol. The second kappa shape index (κ2) is 6.50. The lowest BCUT2D eigenvalue weighted by molar-refractivity contribution is -0.151. The Kier molecular flexibility index (Phi) is 5.62. The molecule has 1 rings (SSSR count). The van der Waals surface area contributed by atoms with E-state index in [1.165, 1.54) is 0 Å². The molecule has 1 aliphatic carbocycles. The van der Waals surface area contributed by atoms with E-state index in [4.69, 9.17) is 4.74 Å². The van der Waals surface area contributed by atoms with Crippen LogP contribution in [0.5, 0.6) is 0 Å². The van der Waals surface area contributed by atoms with Gasteiger partial charge in [-0.2, -0.15) is 11.8 Å². The zero-order chi connectivity index (χ0) is 12.0. The van der Waals surface area contributed by atoms with Crippen molar-refractivity contribution >= 4 is 17.7 Å². The molecule has 2 unspecified atom stereocenters. The zero-order valence-corrected chi connectivity index (χ0v) is 11.4. The first kappa shape index (κ1) is 13.8. The quantitative estimate of drug-likeness (QED) is 0.728. The highest BCUT2D eigenvalue weighted by Gasteiger charge is 2.45. The van der Waals surface area contributed by atoms with E-state index in [9.17, 15) is 4.79 Å². The van der Waals surface area contributed by atoms with Gasteiger partial charge in [-0.3, -0.25) is 4.79 Å². The molecule has 94 valence electrons. The lowest BCUT2D eigenvalue weighted by Gasteiger charge is -2.28. The molecule has 0 radical (unpaired) electrons. The van der Waals surface area contributed by atoms with Gasteiger partial charge in [0.25, 0.3) is 0 Å². The second-order valence-electron chi connectivity index (χ2n) is 4.33. The van der Waals surface area contributed by atoms with E-state index < -0.39 is 5.54 Å². The van der Waals surface area contributed by atoms with Crippen molar-refractivity contribution in [3.63, 3.8) is 0 Å². The van der Waals surface area contributed by atoms with Gasteiger partial charge in [0.2, 0.25) is 0 Å². The summed E-state index contributed by atoms with van der Waals surface area (Å²) in [6.45, 7) is 5.34. The van der Waals surface area contributed by atoms with Gasteiger partial charge in [0.1, 0.15) is 5.54 Å². The first-order valence-electron chi connectivity index (χ1n) is 6.13. The Morgan fingerprint density at radius 3 is 2.81 bits per heavy atom. The molecule has 0 bridgehead atoms. The van der Waals surface area contributed by atoms with Crippen LogP contribution in [-0.4, -0.2) is 36.2 Å². The minimum Gasteiger partial charge on any atom is -0.465 e. The first-order valence-corrected chi connectivity index (χ1v) is 7.42. The molecule has 0 saturated heterocycles. The van der Waals surface area contributed by atoms with Gasteiger partial charge in [-0.15, -0.1) is 0 Å². The van der Waals surface area contributed by atoms with E-state index in [1.807, 2.05) is 18.7 Å². The summed E-state index contributed by atoms with van der Waals surface area (Å²) in [5.74, 6) is -0.0556. The van der Waals surface area contributed by atoms with Crippen LogP contribution in [0.3, 0.4) is 0 Å². The van der Waals surface area contributed by atoms with Crippen molar-refractivity contribution in [3.05, 3.63) is 0 Å². The summed E-state index contributed by atoms with van der Waals surface area (Å²) in [6, 6.07) is 0. The van der Waals surface area contributed by atoms with Gasteiger partial charge in [0, 0.05) is 5.25 Å². The van der Waals surface area contributed by atoms with Crippen molar-refractivity contribution in [1.29, 1.82) is 0 Å². The molecule has 0 aromatic rings. The van der Waals surface area contributed by atoms with Crippen LogP contribution < -0.4 is 5.32 Å². The highest BCUT2D eigenvalue weighted by atomic mass is 32.2. The van der Waals surface area contributed by atoms with E-state index in [1.54, 1.807) is 0 Å². The van der Waals surface area contributed by atoms with Gasteiger partial charge >= 0.3 is 5.97 Å². The number of carbonyl (C=O) groups excluding carboxylic acids is 1. The van der Waals surface area contributed by atoms with Gasteiger partial charge in [-0.25, -0.2) is 0 Å².